The second-order valence-electron chi connectivity index (χ2n) is 5.28. The Morgan fingerprint density at radius 3 is 2.68 bits per heavy atom. The van der Waals surface area contributed by atoms with E-state index < -0.39 is 12.2 Å². The number of rotatable bonds is 6. The Morgan fingerprint density at radius 1 is 1.26 bits per heavy atom. The lowest BCUT2D eigenvalue weighted by Crippen LogP contribution is -2.27. The average molecular weight is 265 g/mol. The highest BCUT2D eigenvalue weighted by Gasteiger charge is 2.18. The molecule has 1 aromatic rings. The summed E-state index contributed by atoms with van der Waals surface area (Å²) in [4.78, 5) is 0. The monoisotopic (exact) mass is 265 g/mol. The molecule has 4 heteroatoms. The maximum absolute atomic E-state index is 9.91. The van der Waals surface area contributed by atoms with Crippen LogP contribution < -0.4 is 10.5 Å². The van der Waals surface area contributed by atoms with Crippen molar-refractivity contribution in [2.75, 3.05) is 13.2 Å². The summed E-state index contributed by atoms with van der Waals surface area (Å²) in [7, 11) is 0. The Kier molecular flexibility index (Phi) is 5.19. The predicted octanol–water partition coefficient (Wildman–Crippen LogP) is 1.61. The smallest absolute Gasteiger partial charge is 0.119 e. The molecule has 0 bridgehead atoms. The Balaban J connectivity index is 1.94. The minimum atomic E-state index is -0.958. The number of aliphatic hydroxyl groups excluding tert-OH is 2. The molecule has 1 fully saturated rings. The van der Waals surface area contributed by atoms with Crippen LogP contribution in [0.2, 0.25) is 0 Å². The lowest BCUT2D eigenvalue weighted by atomic mass is 10.0. The van der Waals surface area contributed by atoms with E-state index in [1.54, 1.807) is 12.1 Å². The highest BCUT2D eigenvalue weighted by molar-refractivity contribution is 5.30. The van der Waals surface area contributed by atoms with E-state index >= 15 is 0 Å². The molecule has 0 amide bonds. The van der Waals surface area contributed by atoms with E-state index in [0.717, 1.165) is 12.4 Å². The number of nitrogens with two attached hydrogens (primary N) is 1. The number of ether oxygens (including phenoxy) is 1. The second-order valence-corrected chi connectivity index (χ2v) is 5.28. The van der Waals surface area contributed by atoms with E-state index in [9.17, 15) is 10.2 Å². The van der Waals surface area contributed by atoms with Crippen LogP contribution in [0.1, 0.15) is 37.4 Å². The van der Waals surface area contributed by atoms with Gasteiger partial charge in [0.1, 0.15) is 11.9 Å². The van der Waals surface area contributed by atoms with E-state index in [1.165, 1.54) is 25.7 Å². The third-order valence-electron chi connectivity index (χ3n) is 3.77. The molecule has 1 aliphatic carbocycles. The zero-order valence-corrected chi connectivity index (χ0v) is 11.2. The summed E-state index contributed by atoms with van der Waals surface area (Å²) in [5.41, 5.74) is 5.99. The van der Waals surface area contributed by atoms with Crippen LogP contribution in [0, 0.1) is 5.92 Å². The topological polar surface area (TPSA) is 75.7 Å². The van der Waals surface area contributed by atoms with E-state index in [2.05, 4.69) is 0 Å². The van der Waals surface area contributed by atoms with Crippen molar-refractivity contribution in [3.8, 4) is 5.75 Å². The maximum atomic E-state index is 9.91. The lowest BCUT2D eigenvalue weighted by molar-refractivity contribution is 0.0242. The van der Waals surface area contributed by atoms with Gasteiger partial charge in [0, 0.05) is 6.54 Å². The van der Waals surface area contributed by atoms with Crippen LogP contribution in [-0.2, 0) is 0 Å². The largest absolute Gasteiger partial charge is 0.493 e. The van der Waals surface area contributed by atoms with Crippen LogP contribution in [0.3, 0.4) is 0 Å². The number of benzene rings is 1. The average Bonchev–Trinajstić information content (AvgIpc) is 2.97. The maximum Gasteiger partial charge on any atom is 0.119 e. The Bertz CT molecular complexity index is 391. The molecular formula is C15H23NO3. The third-order valence-corrected chi connectivity index (χ3v) is 3.77. The summed E-state index contributed by atoms with van der Waals surface area (Å²) in [6, 6.07) is 7.25. The molecule has 0 radical (unpaired) electrons. The van der Waals surface area contributed by atoms with Gasteiger partial charge in [-0.3, -0.25) is 0 Å². The van der Waals surface area contributed by atoms with Crippen LogP contribution in [0.4, 0.5) is 0 Å². The van der Waals surface area contributed by atoms with Crippen molar-refractivity contribution in [1.29, 1.82) is 0 Å². The molecule has 0 aliphatic heterocycles. The molecule has 1 aliphatic rings. The summed E-state index contributed by atoms with van der Waals surface area (Å²) in [5, 5.41) is 19.5. The molecule has 106 valence electrons. The van der Waals surface area contributed by atoms with Gasteiger partial charge in [0.15, 0.2) is 0 Å². The SMILES string of the molecule is NC[C@@H](O)[C@@H](O)c1cccc(OCC2CCCC2)c1. The van der Waals surface area contributed by atoms with Crippen LogP contribution in [0.15, 0.2) is 24.3 Å². The van der Waals surface area contributed by atoms with Gasteiger partial charge in [0.25, 0.3) is 0 Å². The first kappa shape index (κ1) is 14.3. The molecule has 0 heterocycles. The molecule has 19 heavy (non-hydrogen) atoms. The van der Waals surface area contributed by atoms with E-state index in [-0.39, 0.29) is 6.54 Å². The minimum Gasteiger partial charge on any atom is -0.493 e. The number of aliphatic hydroxyl groups is 2. The fraction of sp³-hybridized carbons (Fsp3) is 0.600. The van der Waals surface area contributed by atoms with E-state index in [0.29, 0.717) is 11.5 Å². The Morgan fingerprint density at radius 2 is 2.00 bits per heavy atom. The summed E-state index contributed by atoms with van der Waals surface area (Å²) in [5.74, 6) is 1.40. The van der Waals surface area contributed by atoms with Crippen LogP contribution in [0.5, 0.6) is 5.75 Å². The first-order valence-corrected chi connectivity index (χ1v) is 6.99. The molecule has 0 aromatic heterocycles. The molecule has 0 spiro atoms. The zero-order chi connectivity index (χ0) is 13.7. The van der Waals surface area contributed by atoms with Crippen LogP contribution in [-0.4, -0.2) is 29.5 Å². The van der Waals surface area contributed by atoms with Gasteiger partial charge >= 0.3 is 0 Å². The van der Waals surface area contributed by atoms with Gasteiger partial charge in [-0.05, 0) is 36.5 Å². The van der Waals surface area contributed by atoms with Crippen LogP contribution >= 0.6 is 0 Å². The normalized spacial score (nSPS) is 19.3. The molecule has 2 rings (SSSR count). The third kappa shape index (κ3) is 3.93. The van der Waals surface area contributed by atoms with Crippen molar-refractivity contribution in [3.05, 3.63) is 29.8 Å². The molecule has 2 atom stereocenters. The summed E-state index contributed by atoms with van der Waals surface area (Å²) >= 11 is 0. The van der Waals surface area contributed by atoms with Gasteiger partial charge < -0.3 is 20.7 Å². The minimum absolute atomic E-state index is 0.0360. The fourth-order valence-electron chi connectivity index (χ4n) is 2.53. The Labute approximate surface area is 114 Å². The molecule has 0 unspecified atom stereocenters. The van der Waals surface area contributed by atoms with Crippen molar-refractivity contribution in [2.45, 2.75) is 37.9 Å². The first-order chi connectivity index (χ1) is 9.20. The number of hydrogen-bond donors (Lipinski definition) is 3. The molecule has 4 N–H and O–H groups in total. The van der Waals surface area contributed by atoms with Crippen LogP contribution in [0.25, 0.3) is 0 Å². The second kappa shape index (κ2) is 6.89. The predicted molar refractivity (Wildman–Crippen MR) is 73.9 cm³/mol. The molecular weight excluding hydrogens is 242 g/mol. The van der Waals surface area contributed by atoms with Crippen molar-refractivity contribution < 1.29 is 14.9 Å². The molecule has 0 saturated heterocycles. The van der Waals surface area contributed by atoms with Gasteiger partial charge in [-0.1, -0.05) is 25.0 Å². The van der Waals surface area contributed by atoms with Crippen molar-refractivity contribution in [3.63, 3.8) is 0 Å². The molecule has 1 saturated carbocycles. The summed E-state index contributed by atoms with van der Waals surface area (Å²) < 4.78 is 5.77. The van der Waals surface area contributed by atoms with Crippen molar-refractivity contribution >= 4 is 0 Å². The van der Waals surface area contributed by atoms with Gasteiger partial charge in [-0.25, -0.2) is 0 Å². The first-order valence-electron chi connectivity index (χ1n) is 6.99. The van der Waals surface area contributed by atoms with E-state index in [1.807, 2.05) is 12.1 Å². The van der Waals surface area contributed by atoms with Gasteiger partial charge in [0.05, 0.1) is 12.7 Å². The fourth-order valence-corrected chi connectivity index (χ4v) is 2.53. The molecule has 4 nitrogen and oxygen atoms in total. The molecule has 1 aromatic carbocycles. The number of hydrogen-bond acceptors (Lipinski definition) is 4. The van der Waals surface area contributed by atoms with Gasteiger partial charge in [-0.2, -0.15) is 0 Å². The van der Waals surface area contributed by atoms with Gasteiger partial charge in [0.2, 0.25) is 0 Å². The van der Waals surface area contributed by atoms with Crippen molar-refractivity contribution in [2.24, 2.45) is 11.7 Å². The zero-order valence-electron chi connectivity index (χ0n) is 11.2. The van der Waals surface area contributed by atoms with Crippen molar-refractivity contribution in [1.82, 2.24) is 0 Å². The lowest BCUT2D eigenvalue weighted by Gasteiger charge is -2.18. The summed E-state index contributed by atoms with van der Waals surface area (Å²) in [6.07, 6.45) is 3.19. The quantitative estimate of drug-likeness (QED) is 0.730. The Hall–Kier alpha value is -1.10. The highest BCUT2D eigenvalue weighted by Crippen LogP contribution is 2.27. The summed E-state index contributed by atoms with van der Waals surface area (Å²) in [6.45, 7) is 0.771. The van der Waals surface area contributed by atoms with E-state index in [4.69, 9.17) is 10.5 Å². The standard InChI is InChI=1S/C15H23NO3/c16-9-14(17)15(18)12-6-3-7-13(8-12)19-10-11-4-1-2-5-11/h3,6-8,11,14-15,17-18H,1-2,4-5,9-10,16H2/t14-,15+/m1/s1. The van der Waals surface area contributed by atoms with Gasteiger partial charge in [-0.15, -0.1) is 0 Å². The highest BCUT2D eigenvalue weighted by atomic mass is 16.5.